The van der Waals surface area contributed by atoms with Crippen LogP contribution in [-0.4, -0.2) is 62.2 Å². The van der Waals surface area contributed by atoms with Gasteiger partial charge in [-0.15, -0.1) is 0 Å². The molecule has 8 heteroatoms. The average molecular weight is 491 g/mol. The first-order valence-corrected chi connectivity index (χ1v) is 12.6. The van der Waals surface area contributed by atoms with E-state index in [4.69, 9.17) is 5.10 Å². The monoisotopic (exact) mass is 490 g/mol. The Balaban J connectivity index is 1.38. The predicted octanol–water partition coefficient (Wildman–Crippen LogP) is 3.45. The van der Waals surface area contributed by atoms with Crippen molar-refractivity contribution in [3.8, 4) is 0 Å². The summed E-state index contributed by atoms with van der Waals surface area (Å²) in [5.74, 6) is -0.711. The topological polar surface area (TPSA) is 78.7 Å². The Kier molecular flexibility index (Phi) is 7.13. The number of nitrogens with zero attached hydrogens (tertiary/aromatic N) is 4. The smallest absolute Gasteiger partial charge is 0.274 e. The molecule has 0 spiro atoms. The zero-order chi connectivity index (χ0) is 25.1. The van der Waals surface area contributed by atoms with E-state index in [1.165, 1.54) is 29.8 Å². The van der Waals surface area contributed by atoms with Crippen molar-refractivity contribution in [3.05, 3.63) is 88.5 Å². The first kappa shape index (κ1) is 24.2. The highest BCUT2D eigenvalue weighted by Crippen LogP contribution is 2.26. The molecule has 0 aliphatic carbocycles. The van der Waals surface area contributed by atoms with Crippen molar-refractivity contribution in [2.75, 3.05) is 19.6 Å². The van der Waals surface area contributed by atoms with Crippen molar-refractivity contribution in [2.24, 2.45) is 0 Å². The standard InChI is InChI=1S/C28H31FN4O3/c29-22-10-8-21(9-11-22)27(35)32-18-14-25-24(19-32)26(28(36)31-16-12-23(34)13-17-31)30-33(25)15-4-7-20-5-2-1-3-6-20/h1-3,5-6,8-11,23,34H,4,7,12-19H2. The highest BCUT2D eigenvalue weighted by Gasteiger charge is 2.33. The van der Waals surface area contributed by atoms with E-state index in [-0.39, 0.29) is 23.7 Å². The lowest BCUT2D eigenvalue weighted by Crippen LogP contribution is -2.41. The molecule has 1 saturated heterocycles. The molecule has 1 fully saturated rings. The molecular weight excluding hydrogens is 459 g/mol. The summed E-state index contributed by atoms with van der Waals surface area (Å²) in [4.78, 5) is 30.1. The third-order valence-electron chi connectivity index (χ3n) is 7.14. The van der Waals surface area contributed by atoms with Gasteiger partial charge in [-0.2, -0.15) is 5.10 Å². The lowest BCUT2D eigenvalue weighted by atomic mass is 10.0. The molecule has 7 nitrogen and oxygen atoms in total. The van der Waals surface area contributed by atoms with Crippen LogP contribution in [-0.2, 0) is 25.9 Å². The molecule has 2 aliphatic rings. The number of fused-ring (bicyclic) bond motifs is 1. The van der Waals surface area contributed by atoms with Crippen LogP contribution >= 0.6 is 0 Å². The molecule has 0 bridgehead atoms. The number of aliphatic hydroxyl groups is 1. The lowest BCUT2D eigenvalue weighted by molar-refractivity contribution is 0.0536. The number of piperidine rings is 1. The molecule has 0 saturated carbocycles. The van der Waals surface area contributed by atoms with E-state index in [0.29, 0.717) is 63.2 Å². The van der Waals surface area contributed by atoms with Crippen molar-refractivity contribution in [1.82, 2.24) is 19.6 Å². The Labute approximate surface area is 210 Å². The average Bonchev–Trinajstić information content (AvgIpc) is 3.27. The maximum atomic E-state index is 13.5. The van der Waals surface area contributed by atoms with Gasteiger partial charge in [0.25, 0.3) is 11.8 Å². The molecule has 1 aromatic heterocycles. The summed E-state index contributed by atoms with van der Waals surface area (Å²) in [6.45, 7) is 2.48. The van der Waals surface area contributed by atoms with Crippen LogP contribution in [0.1, 0.15) is 56.9 Å². The summed E-state index contributed by atoms with van der Waals surface area (Å²) in [6, 6.07) is 15.8. The van der Waals surface area contributed by atoms with Crippen LogP contribution in [0.4, 0.5) is 4.39 Å². The summed E-state index contributed by atoms with van der Waals surface area (Å²) in [5, 5.41) is 14.6. The van der Waals surface area contributed by atoms with Gasteiger partial charge in [-0.05, 0) is 55.5 Å². The van der Waals surface area contributed by atoms with Gasteiger partial charge in [-0.1, -0.05) is 30.3 Å². The van der Waals surface area contributed by atoms with Crippen molar-refractivity contribution in [2.45, 2.75) is 51.3 Å². The number of hydrogen-bond donors (Lipinski definition) is 1. The number of hydrogen-bond acceptors (Lipinski definition) is 4. The molecule has 188 valence electrons. The van der Waals surface area contributed by atoms with E-state index in [0.717, 1.165) is 24.1 Å². The number of benzene rings is 2. The van der Waals surface area contributed by atoms with Gasteiger partial charge in [0.1, 0.15) is 5.82 Å². The molecule has 3 heterocycles. The van der Waals surface area contributed by atoms with Gasteiger partial charge >= 0.3 is 0 Å². The third kappa shape index (κ3) is 5.18. The first-order chi connectivity index (χ1) is 17.5. The molecule has 0 atom stereocenters. The maximum absolute atomic E-state index is 13.5. The summed E-state index contributed by atoms with van der Waals surface area (Å²) >= 11 is 0. The number of halogens is 1. The summed E-state index contributed by atoms with van der Waals surface area (Å²) in [6.07, 6.45) is 3.15. The van der Waals surface area contributed by atoms with Crippen LogP contribution in [0, 0.1) is 5.82 Å². The molecule has 5 rings (SSSR count). The second kappa shape index (κ2) is 10.6. The SMILES string of the molecule is O=C(c1ccc(F)cc1)N1CCc2c(c(C(=O)N3CCC(O)CC3)nn2CCCc2ccccc2)C1. The van der Waals surface area contributed by atoms with Gasteiger partial charge in [0.15, 0.2) is 5.69 Å². The van der Waals surface area contributed by atoms with Crippen LogP contribution in [0.25, 0.3) is 0 Å². The van der Waals surface area contributed by atoms with Gasteiger partial charge in [0, 0.05) is 49.4 Å². The molecule has 2 aliphatic heterocycles. The lowest BCUT2D eigenvalue weighted by Gasteiger charge is -2.30. The molecule has 0 unspecified atom stereocenters. The number of amides is 2. The number of aryl methyl sites for hydroxylation is 2. The van der Waals surface area contributed by atoms with Crippen LogP contribution in [0.2, 0.25) is 0 Å². The summed E-state index contributed by atoms with van der Waals surface area (Å²) in [5.41, 5.74) is 3.89. The highest BCUT2D eigenvalue weighted by molar-refractivity contribution is 5.96. The number of carbonyl (C=O) groups excluding carboxylic acids is 2. The maximum Gasteiger partial charge on any atom is 0.274 e. The largest absolute Gasteiger partial charge is 0.393 e. The molecular formula is C28H31FN4O3. The van der Waals surface area contributed by atoms with Crippen molar-refractivity contribution in [3.63, 3.8) is 0 Å². The second-order valence-corrected chi connectivity index (χ2v) is 9.59. The fourth-order valence-corrected chi connectivity index (χ4v) is 5.09. The molecule has 3 aromatic rings. The Morgan fingerprint density at radius 1 is 0.944 bits per heavy atom. The molecule has 2 aromatic carbocycles. The Morgan fingerprint density at radius 3 is 2.39 bits per heavy atom. The highest BCUT2D eigenvalue weighted by atomic mass is 19.1. The van der Waals surface area contributed by atoms with E-state index < -0.39 is 0 Å². The van der Waals surface area contributed by atoms with Crippen molar-refractivity contribution < 1.29 is 19.1 Å². The van der Waals surface area contributed by atoms with Gasteiger partial charge in [-0.25, -0.2) is 4.39 Å². The summed E-state index contributed by atoms with van der Waals surface area (Å²) in [7, 11) is 0. The van der Waals surface area contributed by atoms with Gasteiger partial charge in [0.05, 0.1) is 12.6 Å². The van der Waals surface area contributed by atoms with E-state index in [1.807, 2.05) is 22.9 Å². The van der Waals surface area contributed by atoms with E-state index in [1.54, 1.807) is 9.80 Å². The minimum Gasteiger partial charge on any atom is -0.393 e. The fraction of sp³-hybridized carbons (Fsp3) is 0.393. The number of aromatic nitrogens is 2. The second-order valence-electron chi connectivity index (χ2n) is 9.59. The van der Waals surface area contributed by atoms with E-state index >= 15 is 0 Å². The summed E-state index contributed by atoms with van der Waals surface area (Å²) < 4.78 is 15.3. The van der Waals surface area contributed by atoms with Gasteiger partial charge in [0.2, 0.25) is 0 Å². The van der Waals surface area contributed by atoms with Crippen LogP contribution < -0.4 is 0 Å². The zero-order valence-corrected chi connectivity index (χ0v) is 20.3. The van der Waals surface area contributed by atoms with Crippen molar-refractivity contribution >= 4 is 11.8 Å². The number of aliphatic hydroxyl groups excluding tert-OH is 1. The molecule has 36 heavy (non-hydrogen) atoms. The minimum absolute atomic E-state index is 0.143. The number of carbonyl (C=O) groups is 2. The molecule has 1 N–H and O–H groups in total. The van der Waals surface area contributed by atoms with E-state index in [2.05, 4.69) is 12.1 Å². The van der Waals surface area contributed by atoms with Gasteiger partial charge in [-0.3, -0.25) is 14.3 Å². The predicted molar refractivity (Wildman–Crippen MR) is 133 cm³/mol. The number of likely N-dealkylation sites (tertiary alicyclic amines) is 1. The molecule has 2 amide bonds. The Hall–Kier alpha value is -3.52. The minimum atomic E-state index is -0.385. The molecule has 0 radical (unpaired) electrons. The van der Waals surface area contributed by atoms with Crippen LogP contribution in [0.5, 0.6) is 0 Å². The number of rotatable bonds is 6. The van der Waals surface area contributed by atoms with E-state index in [9.17, 15) is 19.1 Å². The quantitative estimate of drug-likeness (QED) is 0.574. The first-order valence-electron chi connectivity index (χ1n) is 12.6. The van der Waals surface area contributed by atoms with Crippen LogP contribution in [0.3, 0.4) is 0 Å². The normalized spacial score (nSPS) is 16.2. The zero-order valence-electron chi connectivity index (χ0n) is 20.3. The van der Waals surface area contributed by atoms with Gasteiger partial charge < -0.3 is 14.9 Å². The van der Waals surface area contributed by atoms with Crippen LogP contribution in [0.15, 0.2) is 54.6 Å². The fourth-order valence-electron chi connectivity index (χ4n) is 5.09. The third-order valence-corrected chi connectivity index (χ3v) is 7.14. The Bertz CT molecular complexity index is 1220. The Morgan fingerprint density at radius 2 is 1.67 bits per heavy atom. The van der Waals surface area contributed by atoms with Crippen molar-refractivity contribution in [1.29, 1.82) is 0 Å².